The number of unbranched alkanes of at least 4 members (excludes halogenated alkanes) is 2. The van der Waals surface area contributed by atoms with Crippen LogP contribution in [-0.4, -0.2) is 12.6 Å². The summed E-state index contributed by atoms with van der Waals surface area (Å²) in [6.07, 6.45) is 12.1. The van der Waals surface area contributed by atoms with Gasteiger partial charge < -0.3 is 8.62 Å². The molecule has 6 aromatic rings. The first kappa shape index (κ1) is 23.0. The first-order chi connectivity index (χ1) is 17.8. The SMILES string of the molecule is CCCCc1cc2cccc[n+]2[b-]2c(-c3cccc4[b-]3[n+]3ccccc3cc4CCCC)cccc21. The summed E-state index contributed by atoms with van der Waals surface area (Å²) in [5.74, 6) is 0. The Morgan fingerprint density at radius 2 is 1.03 bits per heavy atom. The Labute approximate surface area is 214 Å². The lowest BCUT2D eigenvalue weighted by Crippen LogP contribution is -2.37. The molecule has 0 bridgehead atoms. The lowest BCUT2D eigenvalue weighted by atomic mass is 9.59. The maximum atomic E-state index is 2.48. The van der Waals surface area contributed by atoms with Gasteiger partial charge in [0.25, 0.3) is 0 Å². The molecule has 0 N–H and O–H groups in total. The van der Waals surface area contributed by atoms with Gasteiger partial charge in [0, 0.05) is 24.3 Å². The molecule has 36 heavy (non-hydrogen) atoms. The molecule has 0 unspecified atom stereocenters. The van der Waals surface area contributed by atoms with Crippen LogP contribution in [0, 0.1) is 0 Å². The third-order valence-electron chi connectivity index (χ3n) is 8.00. The standard InChI is InChI=1S/C32H34B2N2/c1-3-5-13-25-23-27-15-7-9-21-35(27)33-29(25)17-11-19-31(33)32-20-12-18-30-26(14-6-4-2)24-28-16-8-10-22-36(28)34(30)32/h7-12,15-24H,3-6,13-14H2,1-2H3. The molecular formula is C32H34B2N2. The molecule has 0 radical (unpaired) electrons. The summed E-state index contributed by atoms with van der Waals surface area (Å²) in [6.45, 7) is 4.57. The van der Waals surface area contributed by atoms with Crippen molar-refractivity contribution in [3.63, 3.8) is 0 Å². The van der Waals surface area contributed by atoms with E-state index in [0.29, 0.717) is 0 Å². The number of hydrogen-bond donors (Lipinski definition) is 0. The summed E-state index contributed by atoms with van der Waals surface area (Å²) >= 11 is 0. The maximum Gasteiger partial charge on any atom is 0.233 e. The normalized spacial score (nSPS) is 11.7. The Balaban J connectivity index is 1.74. The molecule has 0 atom stereocenters. The summed E-state index contributed by atoms with van der Waals surface area (Å²) in [5.41, 5.74) is 8.42. The fraction of sp³-hybridized carbons (Fsp3) is 0.250. The van der Waals surface area contributed by atoms with Crippen LogP contribution in [0.15, 0.2) is 97.3 Å². The molecule has 0 fully saturated rings. The van der Waals surface area contributed by atoms with Crippen molar-refractivity contribution in [3.8, 4) is 10.9 Å². The third kappa shape index (κ3) is 3.93. The molecule has 6 heterocycles. The van der Waals surface area contributed by atoms with E-state index in [-0.39, 0.29) is 12.6 Å². The summed E-state index contributed by atoms with van der Waals surface area (Å²) < 4.78 is 4.96. The summed E-state index contributed by atoms with van der Waals surface area (Å²) in [5, 5.41) is 2.91. The number of rotatable bonds is 7. The first-order valence-corrected chi connectivity index (χ1v) is 13.7. The van der Waals surface area contributed by atoms with Crippen LogP contribution in [-0.2, 0) is 12.8 Å². The predicted molar refractivity (Wildman–Crippen MR) is 153 cm³/mol. The highest BCUT2D eigenvalue weighted by Crippen LogP contribution is 2.25. The number of nitrogens with zero attached hydrogens (tertiary/aromatic N) is 2. The van der Waals surface area contributed by atoms with Crippen molar-refractivity contribution < 1.29 is 8.62 Å². The van der Waals surface area contributed by atoms with Crippen LogP contribution >= 0.6 is 0 Å². The van der Waals surface area contributed by atoms with Crippen molar-refractivity contribution in [1.29, 1.82) is 0 Å². The molecule has 6 aromatic heterocycles. The largest absolute Gasteiger partial charge is 0.424 e. The van der Waals surface area contributed by atoms with Gasteiger partial charge in [-0.25, -0.2) is 0 Å². The maximum absolute atomic E-state index is 2.48. The van der Waals surface area contributed by atoms with Crippen molar-refractivity contribution in [3.05, 3.63) is 108 Å². The second-order valence-electron chi connectivity index (χ2n) is 10.3. The molecule has 0 aromatic carbocycles. The minimum Gasteiger partial charge on any atom is -0.424 e. The van der Waals surface area contributed by atoms with Crippen LogP contribution in [0.2, 0.25) is 0 Å². The van der Waals surface area contributed by atoms with Crippen molar-refractivity contribution >= 4 is 34.2 Å². The number of hydrogen-bond acceptors (Lipinski definition) is 0. The Morgan fingerprint density at radius 3 is 1.47 bits per heavy atom. The quantitative estimate of drug-likeness (QED) is 0.238. The van der Waals surface area contributed by atoms with Crippen LogP contribution in [0.1, 0.15) is 50.7 Å². The predicted octanol–water partition coefficient (Wildman–Crippen LogP) is 6.47. The van der Waals surface area contributed by atoms with Gasteiger partial charge >= 0.3 is 0 Å². The topological polar surface area (TPSA) is 8.20 Å². The van der Waals surface area contributed by atoms with E-state index in [1.165, 1.54) is 69.3 Å². The van der Waals surface area contributed by atoms with Crippen LogP contribution < -0.4 is 8.62 Å². The first-order valence-electron chi connectivity index (χ1n) is 13.7. The molecule has 0 spiro atoms. The van der Waals surface area contributed by atoms with E-state index in [1.54, 1.807) is 0 Å². The smallest absolute Gasteiger partial charge is 0.233 e. The van der Waals surface area contributed by atoms with E-state index in [9.17, 15) is 0 Å². The van der Waals surface area contributed by atoms with Crippen molar-refractivity contribution in [2.24, 2.45) is 0 Å². The fourth-order valence-electron chi connectivity index (χ4n) is 6.23. The summed E-state index contributed by atoms with van der Waals surface area (Å²) in [7, 11) is 0. The van der Waals surface area contributed by atoms with E-state index in [0.717, 1.165) is 12.8 Å². The van der Waals surface area contributed by atoms with Gasteiger partial charge in [0.15, 0.2) is 11.0 Å². The number of fused-ring (bicyclic) bond motifs is 6. The van der Waals surface area contributed by atoms with Gasteiger partial charge in [-0.1, -0.05) is 86.3 Å². The minimum absolute atomic E-state index is 0.208. The molecule has 0 aliphatic heterocycles. The monoisotopic (exact) mass is 468 g/mol. The van der Waals surface area contributed by atoms with Gasteiger partial charge in [0.1, 0.15) is 12.4 Å². The zero-order valence-electron chi connectivity index (χ0n) is 21.5. The van der Waals surface area contributed by atoms with E-state index in [4.69, 9.17) is 0 Å². The highest BCUT2D eigenvalue weighted by Gasteiger charge is 2.13. The lowest BCUT2D eigenvalue weighted by molar-refractivity contribution is -0.450. The summed E-state index contributed by atoms with van der Waals surface area (Å²) in [6, 6.07) is 32.1. The van der Waals surface area contributed by atoms with Gasteiger partial charge in [-0.15, -0.1) is 10.6 Å². The van der Waals surface area contributed by atoms with Gasteiger partial charge in [0.05, 0.1) is 0 Å². The second kappa shape index (κ2) is 9.93. The molecule has 6 rings (SSSR count). The second-order valence-corrected chi connectivity index (χ2v) is 10.3. The zero-order valence-corrected chi connectivity index (χ0v) is 21.5. The van der Waals surface area contributed by atoms with Crippen LogP contribution in [0.25, 0.3) is 32.5 Å². The van der Waals surface area contributed by atoms with Gasteiger partial charge in [-0.2, -0.15) is 10.9 Å². The molecule has 0 saturated heterocycles. The van der Waals surface area contributed by atoms with Gasteiger partial charge in [0.2, 0.25) is 12.6 Å². The molecule has 0 aliphatic rings. The van der Waals surface area contributed by atoms with E-state index < -0.39 is 0 Å². The average molecular weight is 468 g/mol. The Hall–Kier alpha value is -3.39. The van der Waals surface area contributed by atoms with E-state index in [2.05, 4.69) is 120 Å². The van der Waals surface area contributed by atoms with Gasteiger partial charge in [-0.3, -0.25) is 0 Å². The van der Waals surface area contributed by atoms with Crippen LogP contribution in [0.4, 0.5) is 0 Å². The lowest BCUT2D eigenvalue weighted by Gasteiger charge is -2.23. The number of aromatic nitrogens is 2. The zero-order chi connectivity index (χ0) is 24.5. The molecule has 178 valence electrons. The minimum atomic E-state index is 0.208. The molecule has 2 nitrogen and oxygen atoms in total. The average Bonchev–Trinajstić information content (AvgIpc) is 2.94. The molecular weight excluding hydrogens is 434 g/mol. The molecule has 0 aliphatic carbocycles. The van der Waals surface area contributed by atoms with E-state index in [1.807, 2.05) is 0 Å². The van der Waals surface area contributed by atoms with Crippen molar-refractivity contribution in [2.75, 3.05) is 0 Å². The van der Waals surface area contributed by atoms with Crippen molar-refractivity contribution in [1.82, 2.24) is 0 Å². The molecule has 0 saturated carbocycles. The molecule has 0 amide bonds. The van der Waals surface area contributed by atoms with Crippen LogP contribution in [0.3, 0.4) is 0 Å². The fourth-order valence-corrected chi connectivity index (χ4v) is 6.23. The van der Waals surface area contributed by atoms with Crippen LogP contribution in [0.5, 0.6) is 0 Å². The highest BCUT2D eigenvalue weighted by atomic mass is 14.8. The third-order valence-corrected chi connectivity index (χ3v) is 8.00. The Bertz CT molecular complexity index is 1600. The number of aryl methyl sites for hydroxylation is 2. The van der Waals surface area contributed by atoms with Crippen molar-refractivity contribution in [2.45, 2.75) is 52.4 Å². The molecule has 4 heteroatoms. The Morgan fingerprint density at radius 1 is 0.556 bits per heavy atom. The summed E-state index contributed by atoms with van der Waals surface area (Å²) in [4.78, 5) is 0. The number of pyridine rings is 2. The Kier molecular flexibility index (Phi) is 6.35. The van der Waals surface area contributed by atoms with E-state index >= 15 is 0 Å². The highest BCUT2D eigenvalue weighted by molar-refractivity contribution is 6.67. The van der Waals surface area contributed by atoms with Gasteiger partial charge in [-0.05, 0) is 37.8 Å².